The second-order valence-corrected chi connectivity index (χ2v) is 11.1. The predicted molar refractivity (Wildman–Crippen MR) is 132 cm³/mol. The molecule has 34 heavy (non-hydrogen) atoms. The van der Waals surface area contributed by atoms with Gasteiger partial charge in [-0.1, -0.05) is 41.6 Å². The largest absolute Gasteiger partial charge is 0.497 e. The number of aryl methyl sites for hydroxylation is 1. The lowest BCUT2D eigenvalue weighted by Crippen LogP contribution is -2.48. The molecule has 2 aromatic carbocycles. The maximum Gasteiger partial charge on any atom is 0.268 e. The van der Waals surface area contributed by atoms with E-state index >= 15 is 0 Å². The van der Waals surface area contributed by atoms with Gasteiger partial charge in [0, 0.05) is 48.4 Å². The molecule has 1 aliphatic heterocycles. The number of thiophene rings is 1. The molecule has 0 radical (unpaired) electrons. The van der Waals surface area contributed by atoms with Crippen LogP contribution in [0.25, 0.3) is 22.2 Å². The second kappa shape index (κ2) is 9.21. The number of ether oxygens (including phenoxy) is 1. The quantitative estimate of drug-likeness (QED) is 0.393. The van der Waals surface area contributed by atoms with Gasteiger partial charge in [0.25, 0.3) is 5.89 Å². The summed E-state index contributed by atoms with van der Waals surface area (Å²) in [7, 11) is -2.00. The summed E-state index contributed by atoms with van der Waals surface area (Å²) in [6, 6.07) is 19.0. The standard InChI is InChI=1S/C24H24N4O4S2/c1-17-22(16-21(33-17)24-25-23(26-32-24)18-7-4-3-5-8-18)34(29,30)28-13-11-27(12-14-28)19-9-6-10-20(15-19)31-2/h3-10,15-16H,11-14H2,1-2H3. The van der Waals surface area contributed by atoms with Gasteiger partial charge in [-0.05, 0) is 25.1 Å². The average Bonchev–Trinajstić information content (AvgIpc) is 3.52. The van der Waals surface area contributed by atoms with Crippen molar-refractivity contribution in [3.05, 3.63) is 65.5 Å². The van der Waals surface area contributed by atoms with Gasteiger partial charge >= 0.3 is 0 Å². The molecular formula is C24H24N4O4S2. The molecule has 1 saturated heterocycles. The van der Waals surface area contributed by atoms with Crippen LogP contribution in [-0.4, -0.2) is 56.2 Å². The number of rotatable bonds is 6. The van der Waals surface area contributed by atoms with Crippen LogP contribution in [0.2, 0.25) is 0 Å². The van der Waals surface area contributed by atoms with Crippen molar-refractivity contribution >= 4 is 27.0 Å². The van der Waals surface area contributed by atoms with Gasteiger partial charge in [0.05, 0.1) is 16.9 Å². The van der Waals surface area contributed by atoms with Gasteiger partial charge in [-0.2, -0.15) is 9.29 Å². The monoisotopic (exact) mass is 496 g/mol. The van der Waals surface area contributed by atoms with E-state index in [0.29, 0.717) is 52.5 Å². The second-order valence-electron chi connectivity index (χ2n) is 7.91. The third-order valence-electron chi connectivity index (χ3n) is 5.82. The van der Waals surface area contributed by atoms with E-state index in [4.69, 9.17) is 9.26 Å². The lowest BCUT2D eigenvalue weighted by Gasteiger charge is -2.35. The van der Waals surface area contributed by atoms with E-state index in [-0.39, 0.29) is 0 Å². The summed E-state index contributed by atoms with van der Waals surface area (Å²) in [6.45, 7) is 3.83. The fourth-order valence-electron chi connectivity index (χ4n) is 3.99. The Hall–Kier alpha value is -3.21. The Kier molecular flexibility index (Phi) is 6.11. The predicted octanol–water partition coefficient (Wildman–Crippen LogP) is 4.29. The molecule has 3 heterocycles. The van der Waals surface area contributed by atoms with Crippen LogP contribution >= 0.6 is 11.3 Å². The van der Waals surface area contributed by atoms with Crippen molar-refractivity contribution in [2.24, 2.45) is 0 Å². The lowest BCUT2D eigenvalue weighted by molar-refractivity contribution is 0.384. The molecule has 0 spiro atoms. The van der Waals surface area contributed by atoms with Crippen molar-refractivity contribution in [3.8, 4) is 27.9 Å². The fraction of sp³-hybridized carbons (Fsp3) is 0.250. The van der Waals surface area contributed by atoms with Crippen molar-refractivity contribution in [2.45, 2.75) is 11.8 Å². The number of hydrogen-bond donors (Lipinski definition) is 0. The average molecular weight is 497 g/mol. The molecule has 4 aromatic rings. The molecule has 8 nitrogen and oxygen atoms in total. The third-order valence-corrected chi connectivity index (χ3v) is 9.01. The van der Waals surface area contributed by atoms with Gasteiger partial charge in [0.2, 0.25) is 15.8 Å². The fourth-order valence-corrected chi connectivity index (χ4v) is 6.89. The van der Waals surface area contributed by atoms with Gasteiger partial charge in [-0.15, -0.1) is 11.3 Å². The summed E-state index contributed by atoms with van der Waals surface area (Å²) < 4.78 is 39.2. The molecule has 0 bridgehead atoms. The SMILES string of the molecule is COc1cccc(N2CCN(S(=O)(=O)c3cc(-c4nc(-c5ccccc5)no4)sc3C)CC2)c1. The summed E-state index contributed by atoms with van der Waals surface area (Å²) in [5.74, 6) is 1.57. The molecule has 0 N–H and O–H groups in total. The lowest BCUT2D eigenvalue weighted by atomic mass is 10.2. The summed E-state index contributed by atoms with van der Waals surface area (Å²) in [6.07, 6.45) is 0. The first kappa shape index (κ1) is 22.6. The molecule has 1 aliphatic rings. The molecule has 0 aliphatic carbocycles. The minimum atomic E-state index is -3.64. The van der Waals surface area contributed by atoms with Crippen LogP contribution in [0.3, 0.4) is 0 Å². The van der Waals surface area contributed by atoms with Crippen LogP contribution < -0.4 is 9.64 Å². The molecule has 0 unspecified atom stereocenters. The smallest absolute Gasteiger partial charge is 0.268 e. The molecule has 0 saturated carbocycles. The molecular weight excluding hydrogens is 472 g/mol. The van der Waals surface area contributed by atoms with Gasteiger partial charge in [-0.25, -0.2) is 8.42 Å². The molecule has 0 amide bonds. The van der Waals surface area contributed by atoms with E-state index in [1.807, 2.05) is 61.5 Å². The van der Waals surface area contributed by atoms with Gasteiger partial charge in [0.1, 0.15) is 5.75 Å². The molecule has 10 heteroatoms. The molecule has 2 aromatic heterocycles. The number of methoxy groups -OCH3 is 1. The van der Waals surface area contributed by atoms with E-state index < -0.39 is 10.0 Å². The maximum absolute atomic E-state index is 13.5. The van der Waals surface area contributed by atoms with E-state index in [2.05, 4.69) is 15.0 Å². The summed E-state index contributed by atoms with van der Waals surface area (Å²) in [5.41, 5.74) is 1.86. The number of sulfonamides is 1. The molecule has 5 rings (SSSR count). The highest BCUT2D eigenvalue weighted by molar-refractivity contribution is 7.89. The van der Waals surface area contributed by atoms with E-state index in [1.54, 1.807) is 17.5 Å². The number of piperazine rings is 1. The normalized spacial score (nSPS) is 14.9. The first-order valence-electron chi connectivity index (χ1n) is 10.8. The molecule has 0 atom stereocenters. The number of hydrogen-bond acceptors (Lipinski definition) is 8. The number of nitrogens with zero attached hydrogens (tertiary/aromatic N) is 4. The number of aromatic nitrogens is 2. The van der Waals surface area contributed by atoms with Crippen molar-refractivity contribution < 1.29 is 17.7 Å². The minimum Gasteiger partial charge on any atom is -0.497 e. The van der Waals surface area contributed by atoms with Gasteiger partial charge < -0.3 is 14.2 Å². The maximum atomic E-state index is 13.5. The Bertz CT molecular complexity index is 1390. The highest BCUT2D eigenvalue weighted by atomic mass is 32.2. The van der Waals surface area contributed by atoms with Crippen LogP contribution in [0, 0.1) is 6.92 Å². The Labute approximate surface area is 202 Å². The van der Waals surface area contributed by atoms with Gasteiger partial charge in [-0.3, -0.25) is 0 Å². The zero-order valence-electron chi connectivity index (χ0n) is 18.8. The number of anilines is 1. The zero-order chi connectivity index (χ0) is 23.7. The van der Waals surface area contributed by atoms with Crippen molar-refractivity contribution in [1.29, 1.82) is 0 Å². The minimum absolute atomic E-state index is 0.293. The van der Waals surface area contributed by atoms with Crippen LogP contribution in [-0.2, 0) is 10.0 Å². The summed E-state index contributed by atoms with van der Waals surface area (Å²) in [5, 5.41) is 4.05. The van der Waals surface area contributed by atoms with E-state index in [1.165, 1.54) is 11.3 Å². The zero-order valence-corrected chi connectivity index (χ0v) is 20.5. The van der Waals surface area contributed by atoms with Crippen molar-refractivity contribution in [2.75, 3.05) is 38.2 Å². The van der Waals surface area contributed by atoms with E-state index in [0.717, 1.165) is 17.0 Å². The first-order valence-corrected chi connectivity index (χ1v) is 13.1. The summed E-state index contributed by atoms with van der Waals surface area (Å²) >= 11 is 1.34. The van der Waals surface area contributed by atoms with Crippen LogP contribution in [0.5, 0.6) is 5.75 Å². The Morgan fingerprint density at radius 1 is 1.00 bits per heavy atom. The number of benzene rings is 2. The van der Waals surface area contributed by atoms with Gasteiger partial charge in [0.15, 0.2) is 0 Å². The highest BCUT2D eigenvalue weighted by Gasteiger charge is 2.31. The molecule has 1 fully saturated rings. The Balaban J connectivity index is 1.33. The van der Waals surface area contributed by atoms with Crippen LogP contribution in [0.4, 0.5) is 5.69 Å². The Morgan fingerprint density at radius 2 is 1.76 bits per heavy atom. The van der Waals surface area contributed by atoms with Crippen molar-refractivity contribution in [3.63, 3.8) is 0 Å². The van der Waals surface area contributed by atoms with E-state index in [9.17, 15) is 8.42 Å². The summed E-state index contributed by atoms with van der Waals surface area (Å²) in [4.78, 5) is 8.27. The molecule has 176 valence electrons. The third kappa shape index (κ3) is 4.31. The highest BCUT2D eigenvalue weighted by Crippen LogP contribution is 2.35. The topological polar surface area (TPSA) is 88.8 Å². The van der Waals surface area contributed by atoms with Crippen LogP contribution in [0.1, 0.15) is 4.88 Å². The Morgan fingerprint density at radius 3 is 2.50 bits per heavy atom. The first-order chi connectivity index (χ1) is 16.5. The van der Waals surface area contributed by atoms with Crippen LogP contribution in [0.15, 0.2) is 70.1 Å². The van der Waals surface area contributed by atoms with Crippen molar-refractivity contribution in [1.82, 2.24) is 14.4 Å².